The number of methoxy groups -OCH3 is 1. The van der Waals surface area contributed by atoms with Crippen LogP contribution in [-0.4, -0.2) is 41.0 Å². The Balaban J connectivity index is 1.37. The van der Waals surface area contributed by atoms with Crippen LogP contribution in [0, 0.1) is 6.92 Å². The zero-order valence-electron chi connectivity index (χ0n) is 20.3. The molecule has 0 radical (unpaired) electrons. The first-order chi connectivity index (χ1) is 17.1. The van der Waals surface area contributed by atoms with Gasteiger partial charge in [-0.25, -0.2) is 4.68 Å². The van der Waals surface area contributed by atoms with Gasteiger partial charge in [0.1, 0.15) is 17.6 Å². The summed E-state index contributed by atoms with van der Waals surface area (Å²) in [6, 6.07) is 24.5. The van der Waals surface area contributed by atoms with E-state index in [9.17, 15) is 0 Å². The molecule has 3 aromatic carbocycles. The molecule has 1 aliphatic rings. The Bertz CT molecular complexity index is 1250. The predicted octanol–water partition coefficient (Wildman–Crippen LogP) is 5.21. The Hall–Kier alpha value is -3.77. The van der Waals surface area contributed by atoms with Crippen LogP contribution in [-0.2, 0) is 6.54 Å². The first-order valence-electron chi connectivity index (χ1n) is 12.1. The predicted molar refractivity (Wildman–Crippen MR) is 139 cm³/mol. The zero-order chi connectivity index (χ0) is 24.2. The fourth-order valence-electron chi connectivity index (χ4n) is 4.75. The molecule has 0 spiro atoms. The fourth-order valence-corrected chi connectivity index (χ4v) is 4.75. The summed E-state index contributed by atoms with van der Waals surface area (Å²) >= 11 is 0. The molecule has 2 atom stereocenters. The number of rotatable bonds is 7. The second-order valence-corrected chi connectivity index (χ2v) is 9.29. The van der Waals surface area contributed by atoms with Crippen molar-refractivity contribution < 1.29 is 9.47 Å². The van der Waals surface area contributed by atoms with Crippen LogP contribution in [0.1, 0.15) is 29.0 Å². The molecule has 2 heterocycles. The van der Waals surface area contributed by atoms with Crippen molar-refractivity contribution in [2.24, 2.45) is 0 Å². The van der Waals surface area contributed by atoms with Crippen molar-refractivity contribution in [3.63, 3.8) is 0 Å². The molecule has 0 aliphatic carbocycles. The van der Waals surface area contributed by atoms with Gasteiger partial charge in [0.2, 0.25) is 0 Å². The summed E-state index contributed by atoms with van der Waals surface area (Å²) in [6.45, 7) is 4.72. The number of nitrogens with zero attached hydrogens (tertiary/aromatic N) is 3. The summed E-state index contributed by atoms with van der Waals surface area (Å²) in [5.74, 6) is 1.97. The molecule has 1 aromatic heterocycles. The first kappa shape index (κ1) is 23.0. The highest BCUT2D eigenvalue weighted by atomic mass is 16.5. The first-order valence-corrected chi connectivity index (χ1v) is 12.1. The average Bonchev–Trinajstić information content (AvgIpc) is 3.37. The molecular formula is C29H32N4O2. The van der Waals surface area contributed by atoms with Gasteiger partial charge in [-0.1, -0.05) is 36.4 Å². The molecule has 0 amide bonds. The maximum absolute atomic E-state index is 6.47. The smallest absolute Gasteiger partial charge is 0.121 e. The summed E-state index contributed by atoms with van der Waals surface area (Å²) < 4.78 is 13.7. The van der Waals surface area contributed by atoms with Crippen LogP contribution in [0.2, 0.25) is 0 Å². The van der Waals surface area contributed by atoms with Crippen LogP contribution in [0.5, 0.6) is 11.5 Å². The van der Waals surface area contributed by atoms with Crippen molar-refractivity contribution in [1.29, 1.82) is 0 Å². The number of anilines is 1. The standard InChI is InChI=1S/C29H32N4O2/c1-21-8-11-27(15-29(21)30)35-28-14-23(18-32(20-28)17-22-6-4-3-5-7-22)24-16-31-33(19-24)25-9-12-26(34-2)13-10-25/h3-13,15-16,19,23,28H,14,17-18,20,30H2,1-2H3. The lowest BCUT2D eigenvalue weighted by Crippen LogP contribution is -2.44. The minimum atomic E-state index is 0.0592. The van der Waals surface area contributed by atoms with Crippen LogP contribution >= 0.6 is 0 Å². The van der Waals surface area contributed by atoms with Crippen molar-refractivity contribution >= 4 is 5.69 Å². The van der Waals surface area contributed by atoms with Crippen molar-refractivity contribution in [1.82, 2.24) is 14.7 Å². The number of nitrogen functional groups attached to an aromatic ring is 1. The molecule has 1 saturated heterocycles. The number of likely N-dealkylation sites (tertiary alicyclic amines) is 1. The van der Waals surface area contributed by atoms with Crippen LogP contribution < -0.4 is 15.2 Å². The van der Waals surface area contributed by atoms with E-state index in [1.807, 2.05) is 60.3 Å². The SMILES string of the molecule is COc1ccc(-n2cc(C3CC(Oc4ccc(C)c(N)c4)CN(Cc4ccccc4)C3)cn2)cc1. The monoisotopic (exact) mass is 468 g/mol. The number of hydrogen-bond acceptors (Lipinski definition) is 5. The van der Waals surface area contributed by atoms with E-state index < -0.39 is 0 Å². The Morgan fingerprint density at radius 2 is 1.74 bits per heavy atom. The van der Waals surface area contributed by atoms with E-state index in [2.05, 4.69) is 46.5 Å². The van der Waals surface area contributed by atoms with Crippen LogP contribution in [0.15, 0.2) is 85.2 Å². The highest BCUT2D eigenvalue weighted by Crippen LogP contribution is 2.31. The van der Waals surface area contributed by atoms with Crippen LogP contribution in [0.25, 0.3) is 5.69 Å². The lowest BCUT2D eigenvalue weighted by Gasteiger charge is -2.37. The second-order valence-electron chi connectivity index (χ2n) is 9.29. The Morgan fingerprint density at radius 1 is 0.971 bits per heavy atom. The zero-order valence-corrected chi connectivity index (χ0v) is 20.3. The van der Waals surface area contributed by atoms with Gasteiger partial charge < -0.3 is 15.2 Å². The summed E-state index contributed by atoms with van der Waals surface area (Å²) in [5, 5.41) is 4.66. The van der Waals surface area contributed by atoms with Gasteiger partial charge in [-0.2, -0.15) is 5.10 Å². The molecule has 6 nitrogen and oxygen atoms in total. The lowest BCUT2D eigenvalue weighted by molar-refractivity contribution is 0.0717. The summed E-state index contributed by atoms with van der Waals surface area (Å²) in [6.07, 6.45) is 5.11. The van der Waals surface area contributed by atoms with Gasteiger partial charge in [0.05, 0.1) is 19.0 Å². The quantitative estimate of drug-likeness (QED) is 0.377. The van der Waals surface area contributed by atoms with Crippen LogP contribution in [0.3, 0.4) is 0 Å². The molecule has 35 heavy (non-hydrogen) atoms. The molecule has 1 aliphatic heterocycles. The molecule has 1 fully saturated rings. The molecule has 2 unspecified atom stereocenters. The normalized spacial score (nSPS) is 18.3. The highest BCUT2D eigenvalue weighted by molar-refractivity contribution is 5.50. The molecular weight excluding hydrogens is 436 g/mol. The van der Waals surface area contributed by atoms with Crippen molar-refractivity contribution in [3.8, 4) is 17.2 Å². The van der Waals surface area contributed by atoms with E-state index in [-0.39, 0.29) is 6.10 Å². The molecule has 6 heteroatoms. The van der Waals surface area contributed by atoms with E-state index in [1.54, 1.807) is 7.11 Å². The minimum Gasteiger partial charge on any atom is -0.497 e. The van der Waals surface area contributed by atoms with Gasteiger partial charge in [0.25, 0.3) is 0 Å². The number of aromatic nitrogens is 2. The largest absolute Gasteiger partial charge is 0.497 e. The highest BCUT2D eigenvalue weighted by Gasteiger charge is 2.30. The van der Waals surface area contributed by atoms with E-state index in [4.69, 9.17) is 15.2 Å². The van der Waals surface area contributed by atoms with E-state index in [0.29, 0.717) is 5.92 Å². The van der Waals surface area contributed by atoms with Crippen LogP contribution in [0.4, 0.5) is 5.69 Å². The number of hydrogen-bond donors (Lipinski definition) is 1. The molecule has 180 valence electrons. The topological polar surface area (TPSA) is 65.5 Å². The maximum Gasteiger partial charge on any atom is 0.121 e. The molecule has 0 bridgehead atoms. The van der Waals surface area contributed by atoms with Gasteiger partial charge in [-0.15, -0.1) is 0 Å². The van der Waals surface area contributed by atoms with Crippen molar-refractivity contribution in [3.05, 3.63) is 102 Å². The summed E-state index contributed by atoms with van der Waals surface area (Å²) in [7, 11) is 1.68. The van der Waals surface area contributed by atoms with Gasteiger partial charge in [0, 0.05) is 43.5 Å². The molecule has 2 N–H and O–H groups in total. The Kier molecular flexibility index (Phi) is 6.73. The average molecular weight is 469 g/mol. The third-order valence-corrected chi connectivity index (χ3v) is 6.70. The number of ether oxygens (including phenoxy) is 2. The molecule has 0 saturated carbocycles. The Labute approximate surface area is 206 Å². The van der Waals surface area contributed by atoms with Gasteiger partial charge in [-0.05, 0) is 60.4 Å². The number of nitrogens with two attached hydrogens (primary N) is 1. The second kappa shape index (κ2) is 10.2. The number of aryl methyl sites for hydroxylation is 1. The lowest BCUT2D eigenvalue weighted by atomic mass is 9.90. The number of piperidine rings is 1. The minimum absolute atomic E-state index is 0.0592. The third-order valence-electron chi connectivity index (χ3n) is 6.70. The van der Waals surface area contributed by atoms with Gasteiger partial charge in [0.15, 0.2) is 0 Å². The molecule has 5 rings (SSSR count). The van der Waals surface area contributed by atoms with Gasteiger partial charge in [-0.3, -0.25) is 4.90 Å². The van der Waals surface area contributed by atoms with E-state index >= 15 is 0 Å². The van der Waals surface area contributed by atoms with E-state index in [1.165, 1.54) is 11.1 Å². The number of benzene rings is 3. The van der Waals surface area contributed by atoms with Crippen molar-refractivity contribution in [2.75, 3.05) is 25.9 Å². The summed E-state index contributed by atoms with van der Waals surface area (Å²) in [5.41, 5.74) is 11.5. The van der Waals surface area contributed by atoms with Crippen molar-refractivity contribution in [2.45, 2.75) is 31.9 Å². The van der Waals surface area contributed by atoms with Gasteiger partial charge >= 0.3 is 0 Å². The summed E-state index contributed by atoms with van der Waals surface area (Å²) in [4.78, 5) is 2.48. The maximum atomic E-state index is 6.47. The third kappa shape index (κ3) is 5.49. The van der Waals surface area contributed by atoms with E-state index in [0.717, 1.165) is 54.5 Å². The molecule has 4 aromatic rings. The fraction of sp³-hybridized carbons (Fsp3) is 0.276. The Morgan fingerprint density at radius 3 is 2.49 bits per heavy atom.